The van der Waals surface area contributed by atoms with Crippen molar-refractivity contribution < 1.29 is 18.0 Å². The number of likely N-dealkylation sites (tertiary alicyclic amines) is 2. The molecule has 3 aliphatic heterocycles. The van der Waals surface area contributed by atoms with Crippen LogP contribution in [0.2, 0.25) is 0 Å². The molecule has 0 N–H and O–H groups in total. The van der Waals surface area contributed by atoms with Gasteiger partial charge in [-0.2, -0.15) is 0 Å². The molecule has 1 aromatic heterocycles. The number of carbonyl (C=O) groups excluding carboxylic acids is 2. The van der Waals surface area contributed by atoms with E-state index in [1.165, 1.54) is 12.8 Å². The fraction of sp³-hybridized carbons (Fsp3) is 0.714. The summed E-state index contributed by atoms with van der Waals surface area (Å²) in [7, 11) is -1.76. The third-order valence-electron chi connectivity index (χ3n) is 6.96. The number of fused-ring (bicyclic) bond motifs is 1. The second-order valence-electron chi connectivity index (χ2n) is 9.26. The highest BCUT2D eigenvalue weighted by atomic mass is 32.2. The first-order valence-corrected chi connectivity index (χ1v) is 12.7. The van der Waals surface area contributed by atoms with E-state index in [1.807, 2.05) is 37.6 Å². The minimum absolute atomic E-state index is 0.0516. The van der Waals surface area contributed by atoms with Gasteiger partial charge in [-0.05, 0) is 50.4 Å². The zero-order valence-corrected chi connectivity index (χ0v) is 19.1. The summed E-state index contributed by atoms with van der Waals surface area (Å²) in [6.45, 7) is 7.30. The van der Waals surface area contributed by atoms with Crippen LogP contribution in [0.1, 0.15) is 49.3 Å². The lowest BCUT2D eigenvalue weighted by Crippen LogP contribution is -2.44. The van der Waals surface area contributed by atoms with Crippen LogP contribution in [-0.4, -0.2) is 76.9 Å². The summed E-state index contributed by atoms with van der Waals surface area (Å²) in [5, 5.41) is 0. The molecule has 4 rings (SSSR count). The van der Waals surface area contributed by atoms with Gasteiger partial charge in [0.1, 0.15) is 5.69 Å². The van der Waals surface area contributed by atoms with Gasteiger partial charge in [-0.25, -0.2) is 12.7 Å². The quantitative estimate of drug-likeness (QED) is 0.694. The topological polar surface area (TPSA) is 82.9 Å². The Morgan fingerprint density at radius 1 is 1.17 bits per heavy atom. The monoisotopic (exact) mass is 436 g/mol. The van der Waals surface area contributed by atoms with E-state index in [9.17, 15) is 18.0 Å². The molecule has 8 nitrogen and oxygen atoms in total. The Morgan fingerprint density at radius 2 is 1.83 bits per heavy atom. The van der Waals surface area contributed by atoms with Crippen LogP contribution in [0.4, 0.5) is 0 Å². The van der Waals surface area contributed by atoms with E-state index in [4.69, 9.17) is 0 Å². The van der Waals surface area contributed by atoms with Gasteiger partial charge in [-0.1, -0.05) is 13.8 Å². The Kier molecular flexibility index (Phi) is 5.47. The average molecular weight is 437 g/mol. The summed E-state index contributed by atoms with van der Waals surface area (Å²) in [6, 6.07) is 2.99. The standard InChI is InChI=1S/C21H32N4O4S/c1-14(2)18-19-16(25(21(18)27)30(4,28)29)9-12-24(19)20(26)17-8-7-15(22(17)3)13-23-10-5-6-11-23/h7-8,14,16,18-19H,5-6,9-13H2,1-4H3/t16-,18+,19-/m1/s1. The van der Waals surface area contributed by atoms with E-state index >= 15 is 0 Å². The molecule has 2 amide bonds. The van der Waals surface area contributed by atoms with Crippen LogP contribution in [0.25, 0.3) is 0 Å². The molecule has 4 heterocycles. The fourth-order valence-electron chi connectivity index (χ4n) is 5.51. The molecule has 0 spiro atoms. The highest BCUT2D eigenvalue weighted by molar-refractivity contribution is 7.88. The van der Waals surface area contributed by atoms with Crippen molar-refractivity contribution >= 4 is 21.8 Å². The van der Waals surface area contributed by atoms with Gasteiger partial charge in [0.25, 0.3) is 5.91 Å². The van der Waals surface area contributed by atoms with Gasteiger partial charge in [0.15, 0.2) is 0 Å². The van der Waals surface area contributed by atoms with Crippen LogP contribution in [-0.2, 0) is 28.4 Å². The first-order chi connectivity index (χ1) is 14.1. The number of carbonyl (C=O) groups is 2. The summed E-state index contributed by atoms with van der Waals surface area (Å²) in [6.07, 6.45) is 4.00. The molecule has 3 saturated heterocycles. The number of sulfonamides is 1. The molecule has 0 bridgehead atoms. The van der Waals surface area contributed by atoms with Crippen molar-refractivity contribution in [2.45, 2.75) is 51.7 Å². The van der Waals surface area contributed by atoms with Crippen LogP contribution in [0, 0.1) is 11.8 Å². The van der Waals surface area contributed by atoms with Crippen molar-refractivity contribution in [2.75, 3.05) is 25.9 Å². The van der Waals surface area contributed by atoms with Gasteiger partial charge in [0, 0.05) is 25.8 Å². The zero-order valence-electron chi connectivity index (χ0n) is 18.2. The molecule has 3 aliphatic rings. The average Bonchev–Trinajstić information content (AvgIpc) is 3.39. The predicted octanol–water partition coefficient (Wildman–Crippen LogP) is 1.28. The molecule has 3 fully saturated rings. The lowest BCUT2D eigenvalue weighted by atomic mass is 9.88. The van der Waals surface area contributed by atoms with Crippen molar-refractivity contribution in [2.24, 2.45) is 18.9 Å². The fourth-order valence-corrected chi connectivity index (χ4v) is 6.68. The number of nitrogens with zero attached hydrogens (tertiary/aromatic N) is 4. The number of amides is 2. The minimum Gasteiger partial charge on any atom is -0.342 e. The van der Waals surface area contributed by atoms with Gasteiger partial charge in [0.2, 0.25) is 15.9 Å². The smallest absolute Gasteiger partial charge is 0.270 e. The second-order valence-corrected chi connectivity index (χ2v) is 11.1. The molecule has 0 radical (unpaired) electrons. The largest absolute Gasteiger partial charge is 0.342 e. The van der Waals surface area contributed by atoms with E-state index < -0.39 is 28.0 Å². The van der Waals surface area contributed by atoms with Crippen LogP contribution >= 0.6 is 0 Å². The molecule has 30 heavy (non-hydrogen) atoms. The molecule has 0 aromatic carbocycles. The maximum atomic E-state index is 13.5. The summed E-state index contributed by atoms with van der Waals surface area (Å²) in [5.41, 5.74) is 1.69. The summed E-state index contributed by atoms with van der Waals surface area (Å²) < 4.78 is 27.6. The molecule has 0 unspecified atom stereocenters. The maximum Gasteiger partial charge on any atom is 0.270 e. The Bertz CT molecular complexity index is 948. The van der Waals surface area contributed by atoms with E-state index in [2.05, 4.69) is 4.90 Å². The first kappa shape index (κ1) is 21.4. The molecule has 0 aliphatic carbocycles. The maximum absolute atomic E-state index is 13.5. The van der Waals surface area contributed by atoms with Crippen molar-refractivity contribution in [1.29, 1.82) is 0 Å². The Hall–Kier alpha value is -1.87. The third-order valence-corrected chi connectivity index (χ3v) is 8.12. The van der Waals surface area contributed by atoms with Crippen LogP contribution in [0.5, 0.6) is 0 Å². The predicted molar refractivity (Wildman–Crippen MR) is 113 cm³/mol. The number of hydrogen-bond acceptors (Lipinski definition) is 5. The van der Waals surface area contributed by atoms with Gasteiger partial charge in [0.05, 0.1) is 24.3 Å². The lowest BCUT2D eigenvalue weighted by molar-refractivity contribution is -0.129. The summed E-state index contributed by atoms with van der Waals surface area (Å²) >= 11 is 0. The molecule has 166 valence electrons. The SMILES string of the molecule is CC(C)[C@@H]1C(=O)N(S(C)(=O)=O)[C@@H]2CCN(C(=O)c3ccc(CN4CCCC4)n3C)[C@H]21. The molecule has 1 aromatic rings. The normalized spacial score (nSPS) is 27.5. The lowest BCUT2D eigenvalue weighted by Gasteiger charge is -2.29. The van der Waals surface area contributed by atoms with Crippen molar-refractivity contribution in [1.82, 2.24) is 18.7 Å². The van der Waals surface area contributed by atoms with Crippen LogP contribution < -0.4 is 0 Å². The number of hydrogen-bond donors (Lipinski definition) is 0. The van der Waals surface area contributed by atoms with E-state index in [0.717, 1.165) is 35.9 Å². The Morgan fingerprint density at radius 3 is 2.43 bits per heavy atom. The van der Waals surface area contributed by atoms with Crippen molar-refractivity contribution in [3.05, 3.63) is 23.5 Å². The summed E-state index contributed by atoms with van der Waals surface area (Å²) in [4.78, 5) is 30.6. The highest BCUT2D eigenvalue weighted by Crippen LogP contribution is 2.41. The minimum atomic E-state index is -3.67. The third kappa shape index (κ3) is 3.45. The van der Waals surface area contributed by atoms with E-state index in [-0.39, 0.29) is 17.7 Å². The van der Waals surface area contributed by atoms with Crippen LogP contribution in [0.15, 0.2) is 12.1 Å². The number of rotatable bonds is 5. The van der Waals surface area contributed by atoms with Gasteiger partial charge >= 0.3 is 0 Å². The second kappa shape index (κ2) is 7.67. The highest BCUT2D eigenvalue weighted by Gasteiger charge is 2.58. The van der Waals surface area contributed by atoms with Gasteiger partial charge < -0.3 is 9.47 Å². The van der Waals surface area contributed by atoms with Gasteiger partial charge in [-0.3, -0.25) is 14.5 Å². The molecule has 9 heteroatoms. The van der Waals surface area contributed by atoms with Crippen LogP contribution in [0.3, 0.4) is 0 Å². The van der Waals surface area contributed by atoms with Crippen molar-refractivity contribution in [3.63, 3.8) is 0 Å². The Balaban J connectivity index is 1.61. The molecule has 3 atom stereocenters. The summed E-state index contributed by atoms with van der Waals surface area (Å²) in [5.74, 6) is -1.04. The molecular weight excluding hydrogens is 404 g/mol. The molecular formula is C21H32N4O4S. The van der Waals surface area contributed by atoms with Crippen molar-refractivity contribution in [3.8, 4) is 0 Å². The first-order valence-electron chi connectivity index (χ1n) is 10.8. The van der Waals surface area contributed by atoms with E-state index in [1.54, 1.807) is 4.90 Å². The molecule has 0 saturated carbocycles. The van der Waals surface area contributed by atoms with E-state index in [0.29, 0.717) is 18.7 Å². The Labute approximate surface area is 178 Å². The van der Waals surface area contributed by atoms with Gasteiger partial charge in [-0.15, -0.1) is 0 Å². The number of aromatic nitrogens is 1. The zero-order chi connectivity index (χ0) is 21.8.